The molecule has 0 spiro atoms. The highest BCUT2D eigenvalue weighted by Gasteiger charge is 2.43. The quantitative estimate of drug-likeness (QED) is 0.218. The summed E-state index contributed by atoms with van der Waals surface area (Å²) < 4.78 is 25.0. The van der Waals surface area contributed by atoms with E-state index in [-0.39, 0.29) is 55.4 Å². The lowest BCUT2D eigenvalue weighted by Gasteiger charge is -2.44. The summed E-state index contributed by atoms with van der Waals surface area (Å²) in [6.45, 7) is 5.51. The minimum atomic E-state index is -0.417. The van der Waals surface area contributed by atoms with Gasteiger partial charge in [0, 0.05) is 50.3 Å². The number of aryl methyl sites for hydroxylation is 1. The molecule has 9 nitrogen and oxygen atoms in total. The summed E-state index contributed by atoms with van der Waals surface area (Å²) in [6.07, 6.45) is 2.65. The molecular formula is C36H39ClFN3O6. The molecule has 47 heavy (non-hydrogen) atoms. The number of nitrogens with zero attached hydrogens (tertiary/aromatic N) is 2. The van der Waals surface area contributed by atoms with E-state index in [4.69, 9.17) is 31.0 Å². The first-order valence-corrected chi connectivity index (χ1v) is 16.0. The predicted molar refractivity (Wildman–Crippen MR) is 177 cm³/mol. The first-order chi connectivity index (χ1) is 22.7. The summed E-state index contributed by atoms with van der Waals surface area (Å²) in [7, 11) is 0. The normalized spacial score (nSPS) is 18.5. The third-order valence-corrected chi connectivity index (χ3v) is 8.78. The van der Waals surface area contributed by atoms with E-state index >= 15 is 0 Å². The molecule has 6 rings (SSSR count). The number of carbonyl (C=O) groups excluding carboxylic acids is 2. The Balaban J connectivity index is 0.00000139. The monoisotopic (exact) mass is 663 g/mol. The van der Waals surface area contributed by atoms with Crippen LogP contribution < -0.4 is 14.8 Å². The maximum atomic E-state index is 14.5. The number of fused-ring (bicyclic) bond motifs is 2. The van der Waals surface area contributed by atoms with Crippen LogP contribution in [0.2, 0.25) is 5.02 Å². The zero-order chi connectivity index (χ0) is 33.5. The maximum Gasteiger partial charge on any atom is 0.290 e. The Morgan fingerprint density at radius 1 is 1.06 bits per heavy atom. The van der Waals surface area contributed by atoms with Crippen LogP contribution in [-0.4, -0.2) is 77.6 Å². The van der Waals surface area contributed by atoms with Crippen LogP contribution in [-0.2, 0) is 20.9 Å². The Bertz CT molecular complexity index is 1630. The molecule has 248 valence electrons. The van der Waals surface area contributed by atoms with Crippen LogP contribution in [0.25, 0.3) is 5.57 Å². The molecule has 3 aromatic rings. The van der Waals surface area contributed by atoms with Gasteiger partial charge >= 0.3 is 0 Å². The first-order valence-electron chi connectivity index (χ1n) is 15.7. The van der Waals surface area contributed by atoms with Gasteiger partial charge in [0.1, 0.15) is 30.5 Å². The number of halogens is 2. The number of carbonyl (C=O) groups is 3. The number of hydrogen-bond acceptors (Lipinski definition) is 6. The van der Waals surface area contributed by atoms with Gasteiger partial charge in [0.2, 0.25) is 5.91 Å². The second kappa shape index (κ2) is 15.5. The Kier molecular flexibility index (Phi) is 11.2. The number of amides is 2. The lowest BCUT2D eigenvalue weighted by Crippen LogP contribution is -2.61. The molecular weight excluding hydrogens is 625 g/mol. The fraction of sp³-hybridized carbons (Fsp3) is 0.361. The second-order valence-electron chi connectivity index (χ2n) is 12.0. The van der Waals surface area contributed by atoms with E-state index in [0.29, 0.717) is 36.8 Å². The molecule has 11 heteroatoms. The van der Waals surface area contributed by atoms with E-state index < -0.39 is 5.82 Å². The molecule has 2 amide bonds. The van der Waals surface area contributed by atoms with Gasteiger partial charge in [-0.25, -0.2) is 4.39 Å². The van der Waals surface area contributed by atoms with Gasteiger partial charge in [0.15, 0.2) is 0 Å². The van der Waals surface area contributed by atoms with Crippen molar-refractivity contribution in [3.8, 4) is 11.5 Å². The molecule has 0 unspecified atom stereocenters. The predicted octanol–water partition coefficient (Wildman–Crippen LogP) is 5.48. The standard InChI is InChI=1S/C35H37ClFN3O4.CH2O2/c1-22-4-3-5-24(16-22)19-40(28-9-10-28)35(42)34-30(18-27-20-39(23(2)41)21-32(34)38-27)25-6-11-29(12-7-25)43-14-15-44-33-17-26(37)8-13-31(33)36;2-1-3/h3-8,11-13,16-17,27-28,32,38H,9-10,14-15,18-21H2,1-2H3;1H,(H,2,3)/t27-,32-;/m1./s1. The van der Waals surface area contributed by atoms with E-state index in [9.17, 15) is 14.0 Å². The van der Waals surface area contributed by atoms with Crippen molar-refractivity contribution in [2.75, 3.05) is 26.3 Å². The number of carboxylic acid groups (broad SMARTS) is 1. The minimum absolute atomic E-state index is 0.0284. The average Bonchev–Trinajstić information content (AvgIpc) is 3.89. The second-order valence-corrected chi connectivity index (χ2v) is 12.4. The van der Waals surface area contributed by atoms with Crippen molar-refractivity contribution in [2.24, 2.45) is 0 Å². The summed E-state index contributed by atoms with van der Waals surface area (Å²) in [6, 6.07) is 20.1. The van der Waals surface area contributed by atoms with E-state index in [0.717, 1.165) is 35.1 Å². The van der Waals surface area contributed by atoms with Gasteiger partial charge in [-0.3, -0.25) is 14.4 Å². The number of rotatable bonds is 10. The SMILES string of the molecule is CC(=O)N1C[C@H]2CC(c3ccc(OCCOc4cc(F)ccc4Cl)cc3)=C(C(=O)N(Cc3cccc(C)c3)C3CC3)[C@@H](C1)N2.O=CO. The fourth-order valence-electron chi connectivity index (χ4n) is 6.19. The molecule has 2 bridgehead atoms. The van der Waals surface area contributed by atoms with E-state index in [1.54, 1.807) is 6.92 Å². The summed E-state index contributed by atoms with van der Waals surface area (Å²) >= 11 is 6.08. The van der Waals surface area contributed by atoms with Gasteiger partial charge < -0.3 is 29.7 Å². The van der Waals surface area contributed by atoms with Crippen LogP contribution in [0.3, 0.4) is 0 Å². The van der Waals surface area contributed by atoms with Crippen molar-refractivity contribution >= 4 is 35.5 Å². The molecule has 0 radical (unpaired) electrons. The molecule has 2 fully saturated rings. The Labute approximate surface area is 278 Å². The van der Waals surface area contributed by atoms with Crippen molar-refractivity contribution in [1.29, 1.82) is 0 Å². The van der Waals surface area contributed by atoms with E-state index in [1.165, 1.54) is 23.8 Å². The van der Waals surface area contributed by atoms with Crippen LogP contribution in [0.1, 0.15) is 42.9 Å². The molecule has 2 aliphatic heterocycles. The van der Waals surface area contributed by atoms with Crippen molar-refractivity contribution in [3.05, 3.63) is 99.8 Å². The fourth-order valence-corrected chi connectivity index (χ4v) is 6.36. The molecule has 1 saturated carbocycles. The Morgan fingerprint density at radius 2 is 1.79 bits per heavy atom. The summed E-state index contributed by atoms with van der Waals surface area (Å²) in [5, 5.41) is 10.9. The van der Waals surface area contributed by atoms with Gasteiger partial charge in [-0.1, -0.05) is 53.6 Å². The Morgan fingerprint density at radius 3 is 2.47 bits per heavy atom. The van der Waals surface area contributed by atoms with Gasteiger partial charge in [-0.05, 0) is 67.2 Å². The van der Waals surface area contributed by atoms with E-state index in [2.05, 4.69) is 30.4 Å². The van der Waals surface area contributed by atoms with E-state index in [1.807, 2.05) is 40.1 Å². The van der Waals surface area contributed by atoms with Crippen LogP contribution >= 0.6 is 11.6 Å². The first kappa shape index (κ1) is 33.9. The average molecular weight is 664 g/mol. The number of piperazine rings is 1. The van der Waals surface area contributed by atoms with Gasteiger partial charge in [0.05, 0.1) is 11.1 Å². The van der Waals surface area contributed by atoms with Gasteiger partial charge in [0.25, 0.3) is 12.4 Å². The third kappa shape index (κ3) is 8.69. The summed E-state index contributed by atoms with van der Waals surface area (Å²) in [5.74, 6) is 0.586. The van der Waals surface area contributed by atoms with Gasteiger partial charge in [-0.2, -0.15) is 0 Å². The van der Waals surface area contributed by atoms with Crippen LogP contribution in [0.4, 0.5) is 4.39 Å². The molecule has 2 atom stereocenters. The van der Waals surface area contributed by atoms with Crippen LogP contribution in [0, 0.1) is 12.7 Å². The molecule has 1 saturated heterocycles. The number of hydrogen-bond donors (Lipinski definition) is 2. The van der Waals surface area contributed by atoms with Crippen molar-refractivity contribution in [3.63, 3.8) is 0 Å². The highest BCUT2D eigenvalue weighted by atomic mass is 35.5. The maximum absolute atomic E-state index is 14.5. The Hall–Kier alpha value is -4.41. The molecule has 1 aliphatic carbocycles. The molecule has 2 N–H and O–H groups in total. The highest BCUT2D eigenvalue weighted by molar-refractivity contribution is 6.32. The largest absolute Gasteiger partial charge is 0.490 e. The number of nitrogens with one attached hydrogen (secondary N) is 1. The van der Waals surface area contributed by atoms with Gasteiger partial charge in [-0.15, -0.1) is 0 Å². The third-order valence-electron chi connectivity index (χ3n) is 8.47. The van der Waals surface area contributed by atoms with Crippen molar-refractivity contribution in [1.82, 2.24) is 15.1 Å². The topological polar surface area (TPSA) is 108 Å². The smallest absolute Gasteiger partial charge is 0.290 e. The number of ether oxygens (including phenoxy) is 2. The van der Waals surface area contributed by atoms with Crippen molar-refractivity contribution < 1.29 is 33.4 Å². The molecule has 0 aromatic heterocycles. The molecule has 2 heterocycles. The summed E-state index contributed by atoms with van der Waals surface area (Å²) in [4.78, 5) is 39.1. The van der Waals surface area contributed by atoms with Crippen LogP contribution in [0.5, 0.6) is 11.5 Å². The van der Waals surface area contributed by atoms with Crippen LogP contribution in [0.15, 0.2) is 72.3 Å². The summed E-state index contributed by atoms with van der Waals surface area (Å²) in [5.41, 5.74) is 5.04. The zero-order valence-corrected chi connectivity index (χ0v) is 27.2. The lowest BCUT2D eigenvalue weighted by atomic mass is 9.82. The number of benzene rings is 3. The lowest BCUT2D eigenvalue weighted by molar-refractivity contribution is -0.132. The molecule has 3 aliphatic rings. The van der Waals surface area contributed by atoms with Crippen molar-refractivity contribution in [2.45, 2.75) is 57.8 Å². The minimum Gasteiger partial charge on any atom is -0.490 e. The molecule has 3 aromatic carbocycles. The zero-order valence-electron chi connectivity index (χ0n) is 26.5. The highest BCUT2D eigenvalue weighted by Crippen LogP contribution is 2.38.